The molecule has 3 nitrogen and oxygen atoms in total. The van der Waals surface area contributed by atoms with Crippen molar-refractivity contribution in [2.75, 3.05) is 11.9 Å². The van der Waals surface area contributed by atoms with Crippen LogP contribution in [0.3, 0.4) is 0 Å². The summed E-state index contributed by atoms with van der Waals surface area (Å²) in [4.78, 5) is 10.5. The molecule has 0 radical (unpaired) electrons. The molecule has 0 bridgehead atoms. The molecular weight excluding hydrogens is 254 g/mol. The Morgan fingerprint density at radius 1 is 1.77 bits per heavy atom. The third kappa shape index (κ3) is 3.36. The molecule has 0 saturated carbocycles. The summed E-state index contributed by atoms with van der Waals surface area (Å²) in [5.74, 6) is -1.14. The number of hydrogen-bond donors (Lipinski definition) is 2. The van der Waals surface area contributed by atoms with Crippen LogP contribution in [0.4, 0.5) is 5.00 Å². The molecule has 1 aromatic rings. The van der Waals surface area contributed by atoms with E-state index in [0.717, 1.165) is 8.79 Å². The molecule has 0 aromatic carbocycles. The third-order valence-corrected chi connectivity index (χ3v) is 3.16. The Morgan fingerprint density at radius 2 is 2.46 bits per heavy atom. The average Bonchev–Trinajstić information content (AvgIpc) is 2.47. The molecule has 13 heavy (non-hydrogen) atoms. The lowest BCUT2D eigenvalue weighted by Crippen LogP contribution is -2.19. The van der Waals surface area contributed by atoms with Crippen molar-refractivity contribution in [3.8, 4) is 0 Å². The molecule has 1 heterocycles. The van der Waals surface area contributed by atoms with Crippen molar-refractivity contribution in [3.05, 3.63) is 15.9 Å². The lowest BCUT2D eigenvalue weighted by atomic mass is 10.2. The highest BCUT2D eigenvalue weighted by molar-refractivity contribution is 9.11. The molecule has 2 N–H and O–H groups in total. The predicted molar refractivity (Wildman–Crippen MR) is 57.3 cm³/mol. The minimum Gasteiger partial charge on any atom is -0.481 e. The van der Waals surface area contributed by atoms with Gasteiger partial charge in [0.25, 0.3) is 0 Å². The van der Waals surface area contributed by atoms with Crippen LogP contribution in [0.5, 0.6) is 0 Å². The largest absolute Gasteiger partial charge is 0.481 e. The molecule has 0 aliphatic heterocycles. The van der Waals surface area contributed by atoms with Crippen LogP contribution in [0.25, 0.3) is 0 Å². The first kappa shape index (κ1) is 10.5. The summed E-state index contributed by atoms with van der Waals surface area (Å²) in [5.41, 5.74) is 0. The molecule has 0 saturated heterocycles. The lowest BCUT2D eigenvalue weighted by Gasteiger charge is -2.06. The van der Waals surface area contributed by atoms with Crippen LogP contribution in [0.2, 0.25) is 0 Å². The summed E-state index contributed by atoms with van der Waals surface area (Å²) >= 11 is 4.88. The molecule has 0 aliphatic carbocycles. The zero-order valence-corrected chi connectivity index (χ0v) is 9.48. The van der Waals surface area contributed by atoms with Crippen LogP contribution >= 0.6 is 27.3 Å². The molecule has 5 heteroatoms. The van der Waals surface area contributed by atoms with Crippen LogP contribution in [-0.2, 0) is 4.79 Å². The van der Waals surface area contributed by atoms with Crippen LogP contribution in [0.15, 0.2) is 15.9 Å². The minimum absolute atomic E-state index is 0.360. The van der Waals surface area contributed by atoms with Gasteiger partial charge in [0.15, 0.2) is 0 Å². The van der Waals surface area contributed by atoms with Gasteiger partial charge in [0.1, 0.15) is 0 Å². The van der Waals surface area contributed by atoms with Crippen LogP contribution in [0.1, 0.15) is 6.92 Å². The van der Waals surface area contributed by atoms with Gasteiger partial charge in [0, 0.05) is 6.54 Å². The fraction of sp³-hybridized carbons (Fsp3) is 0.375. The van der Waals surface area contributed by atoms with Crippen LogP contribution < -0.4 is 5.32 Å². The van der Waals surface area contributed by atoms with E-state index in [1.165, 1.54) is 0 Å². The predicted octanol–water partition coefficient (Wildman–Crippen LogP) is 2.64. The Kier molecular flexibility index (Phi) is 3.74. The summed E-state index contributed by atoms with van der Waals surface area (Å²) in [6.45, 7) is 2.14. The van der Waals surface area contributed by atoms with Gasteiger partial charge >= 0.3 is 5.97 Å². The van der Waals surface area contributed by atoms with Crippen LogP contribution in [-0.4, -0.2) is 17.6 Å². The number of carboxylic acids is 1. The van der Waals surface area contributed by atoms with Gasteiger partial charge in [-0.2, -0.15) is 0 Å². The SMILES string of the molecule is CC(CNc1ccc(Br)s1)C(=O)O. The standard InChI is InChI=1S/C8H10BrNO2S/c1-5(8(11)12)4-10-7-3-2-6(9)13-7/h2-3,5,10H,4H2,1H3,(H,11,12). The van der Waals surface area contributed by atoms with E-state index in [1.54, 1.807) is 18.3 Å². The Bertz CT molecular complexity index is 300. The second-order valence-corrected chi connectivity index (χ2v) is 5.19. The maximum Gasteiger partial charge on any atom is 0.308 e. The van der Waals surface area contributed by atoms with E-state index in [9.17, 15) is 4.79 Å². The Labute approximate surface area is 88.9 Å². The van der Waals surface area contributed by atoms with Gasteiger partial charge in [-0.25, -0.2) is 0 Å². The Balaban J connectivity index is 2.39. The van der Waals surface area contributed by atoms with Crippen molar-refractivity contribution in [3.63, 3.8) is 0 Å². The first-order valence-corrected chi connectivity index (χ1v) is 5.42. The second kappa shape index (κ2) is 4.62. The number of nitrogens with one attached hydrogen (secondary N) is 1. The Hall–Kier alpha value is -0.550. The number of anilines is 1. The topological polar surface area (TPSA) is 49.3 Å². The van der Waals surface area contributed by atoms with Gasteiger partial charge in [-0.15, -0.1) is 11.3 Å². The molecule has 1 unspecified atom stereocenters. The van der Waals surface area contributed by atoms with Gasteiger partial charge < -0.3 is 10.4 Å². The molecule has 0 aliphatic rings. The number of carboxylic acid groups (broad SMARTS) is 1. The summed E-state index contributed by atoms with van der Waals surface area (Å²) in [6, 6.07) is 3.85. The van der Waals surface area contributed by atoms with E-state index in [0.29, 0.717) is 6.54 Å². The zero-order chi connectivity index (χ0) is 9.84. The summed E-state index contributed by atoms with van der Waals surface area (Å²) in [7, 11) is 0. The fourth-order valence-electron chi connectivity index (χ4n) is 0.750. The number of thiophene rings is 1. The molecule has 72 valence electrons. The molecule has 0 amide bonds. The lowest BCUT2D eigenvalue weighted by molar-refractivity contribution is -0.140. The van der Waals surface area contributed by atoms with Crippen molar-refractivity contribution in [2.24, 2.45) is 5.92 Å². The second-order valence-electron chi connectivity index (χ2n) is 2.72. The van der Waals surface area contributed by atoms with Crippen molar-refractivity contribution in [1.29, 1.82) is 0 Å². The number of rotatable bonds is 4. The van der Waals surface area contributed by atoms with Crippen molar-refractivity contribution in [2.45, 2.75) is 6.92 Å². The number of aliphatic carboxylic acids is 1. The smallest absolute Gasteiger partial charge is 0.308 e. The van der Waals surface area contributed by atoms with Gasteiger partial charge in [0.05, 0.1) is 14.7 Å². The van der Waals surface area contributed by atoms with Crippen molar-refractivity contribution in [1.82, 2.24) is 0 Å². The van der Waals surface area contributed by atoms with E-state index in [2.05, 4.69) is 21.2 Å². The third-order valence-electron chi connectivity index (χ3n) is 1.58. The number of carbonyl (C=O) groups is 1. The molecule has 1 atom stereocenters. The van der Waals surface area contributed by atoms with Gasteiger partial charge in [-0.3, -0.25) is 4.79 Å². The number of halogens is 1. The summed E-state index contributed by atoms with van der Waals surface area (Å²) in [6.07, 6.45) is 0. The van der Waals surface area contributed by atoms with E-state index < -0.39 is 5.97 Å². The minimum atomic E-state index is -0.775. The maximum atomic E-state index is 10.5. The first-order valence-electron chi connectivity index (χ1n) is 3.81. The maximum absolute atomic E-state index is 10.5. The van der Waals surface area contributed by atoms with E-state index in [4.69, 9.17) is 5.11 Å². The van der Waals surface area contributed by atoms with Crippen LogP contribution in [0, 0.1) is 5.92 Å². The van der Waals surface area contributed by atoms with Crippen molar-refractivity contribution >= 4 is 38.2 Å². The molecule has 0 fully saturated rings. The van der Waals surface area contributed by atoms with E-state index in [1.807, 2.05) is 12.1 Å². The molecule has 1 rings (SSSR count). The quantitative estimate of drug-likeness (QED) is 0.878. The summed E-state index contributed by atoms with van der Waals surface area (Å²) in [5, 5.41) is 12.7. The highest BCUT2D eigenvalue weighted by atomic mass is 79.9. The molecule has 0 spiro atoms. The van der Waals surface area contributed by atoms with Gasteiger partial charge in [-0.05, 0) is 28.1 Å². The van der Waals surface area contributed by atoms with E-state index in [-0.39, 0.29) is 5.92 Å². The average molecular weight is 264 g/mol. The fourth-order valence-corrected chi connectivity index (χ4v) is 2.04. The number of hydrogen-bond acceptors (Lipinski definition) is 3. The first-order chi connectivity index (χ1) is 6.09. The highest BCUT2D eigenvalue weighted by Gasteiger charge is 2.10. The van der Waals surface area contributed by atoms with E-state index >= 15 is 0 Å². The highest BCUT2D eigenvalue weighted by Crippen LogP contribution is 2.26. The Morgan fingerprint density at radius 3 is 2.92 bits per heavy atom. The van der Waals surface area contributed by atoms with Gasteiger partial charge in [0.2, 0.25) is 0 Å². The van der Waals surface area contributed by atoms with Gasteiger partial charge in [-0.1, -0.05) is 6.92 Å². The molecular formula is C8H10BrNO2S. The summed E-state index contributed by atoms with van der Waals surface area (Å²) < 4.78 is 1.04. The molecule has 1 aromatic heterocycles. The zero-order valence-electron chi connectivity index (χ0n) is 7.08. The normalized spacial score (nSPS) is 12.5. The monoisotopic (exact) mass is 263 g/mol. The van der Waals surface area contributed by atoms with Crippen molar-refractivity contribution < 1.29 is 9.90 Å².